The molecule has 0 aromatic carbocycles. The fourth-order valence-corrected chi connectivity index (χ4v) is 2.79. The molecular weight excluding hydrogens is 334 g/mol. The molecule has 1 amide bonds. The van der Waals surface area contributed by atoms with Crippen LogP contribution in [0.15, 0.2) is 18.3 Å². The van der Waals surface area contributed by atoms with Crippen molar-refractivity contribution in [2.24, 2.45) is 0 Å². The molecule has 1 aliphatic rings. The molecule has 0 atom stereocenters. The van der Waals surface area contributed by atoms with Crippen molar-refractivity contribution in [2.75, 3.05) is 56.5 Å². The summed E-state index contributed by atoms with van der Waals surface area (Å²) in [5.74, 6) is 0.262. The van der Waals surface area contributed by atoms with Crippen molar-refractivity contribution in [3.8, 4) is 0 Å². The van der Waals surface area contributed by atoms with Crippen LogP contribution in [-0.4, -0.2) is 75.6 Å². The molecule has 0 unspecified atom stereocenters. The summed E-state index contributed by atoms with van der Waals surface area (Å²) in [5.41, 5.74) is 0.881. The quantitative estimate of drug-likeness (QED) is 0.828. The van der Waals surface area contributed by atoms with Crippen LogP contribution in [0.1, 0.15) is 6.92 Å². The zero-order chi connectivity index (χ0) is 17.7. The number of carbonyl (C=O) groups is 1. The van der Waals surface area contributed by atoms with E-state index in [1.165, 1.54) is 14.1 Å². The van der Waals surface area contributed by atoms with E-state index >= 15 is 0 Å². The average Bonchev–Trinajstić information content (AvgIpc) is 2.55. The highest BCUT2D eigenvalue weighted by molar-refractivity contribution is 7.90. The maximum absolute atomic E-state index is 11.8. The Morgan fingerprint density at radius 3 is 2.46 bits per heavy atom. The van der Waals surface area contributed by atoms with Gasteiger partial charge in [-0.15, -0.1) is 0 Å². The molecule has 134 valence electrons. The molecule has 9 nitrogen and oxygen atoms in total. The lowest BCUT2D eigenvalue weighted by atomic mass is 10.3. The van der Waals surface area contributed by atoms with Gasteiger partial charge in [0.25, 0.3) is 0 Å². The summed E-state index contributed by atoms with van der Waals surface area (Å²) < 4.78 is 32.0. The van der Waals surface area contributed by atoms with E-state index in [1.807, 2.05) is 0 Å². The van der Waals surface area contributed by atoms with Crippen molar-refractivity contribution in [1.82, 2.24) is 14.2 Å². The number of pyridine rings is 1. The van der Waals surface area contributed by atoms with Crippen molar-refractivity contribution < 1.29 is 17.9 Å². The molecule has 0 radical (unpaired) electrons. The van der Waals surface area contributed by atoms with Crippen LogP contribution in [0.5, 0.6) is 0 Å². The largest absolute Gasteiger partial charge is 0.450 e. The van der Waals surface area contributed by atoms with Gasteiger partial charge in [0.1, 0.15) is 5.82 Å². The highest BCUT2D eigenvalue weighted by atomic mass is 32.2. The van der Waals surface area contributed by atoms with Gasteiger partial charge in [-0.1, -0.05) is 0 Å². The molecule has 1 aliphatic heterocycles. The fraction of sp³-hybridized carbons (Fsp3) is 0.571. The topological polar surface area (TPSA) is 95.1 Å². The van der Waals surface area contributed by atoms with E-state index in [0.717, 1.165) is 9.99 Å². The predicted molar refractivity (Wildman–Crippen MR) is 91.3 cm³/mol. The van der Waals surface area contributed by atoms with Gasteiger partial charge in [-0.3, -0.25) is 4.72 Å². The monoisotopic (exact) mass is 357 g/mol. The van der Waals surface area contributed by atoms with E-state index < -0.39 is 10.2 Å². The Bertz CT molecular complexity index is 654. The number of piperazine rings is 1. The van der Waals surface area contributed by atoms with Gasteiger partial charge >= 0.3 is 16.3 Å². The van der Waals surface area contributed by atoms with Crippen LogP contribution in [0.3, 0.4) is 0 Å². The number of rotatable bonds is 5. The number of nitrogens with one attached hydrogen (secondary N) is 1. The first-order valence-electron chi connectivity index (χ1n) is 7.66. The molecule has 2 rings (SSSR count). The predicted octanol–water partition coefficient (Wildman–Crippen LogP) is 0.578. The Balaban J connectivity index is 1.94. The summed E-state index contributed by atoms with van der Waals surface area (Å²) in [7, 11) is -0.674. The molecule has 2 heterocycles. The van der Waals surface area contributed by atoms with Crippen molar-refractivity contribution >= 4 is 27.8 Å². The lowest BCUT2D eigenvalue weighted by Crippen LogP contribution is -2.49. The first kappa shape index (κ1) is 18.3. The number of hydrogen-bond donors (Lipinski definition) is 1. The zero-order valence-corrected chi connectivity index (χ0v) is 14.9. The second-order valence-corrected chi connectivity index (χ2v) is 7.35. The van der Waals surface area contributed by atoms with E-state index in [2.05, 4.69) is 14.6 Å². The van der Waals surface area contributed by atoms with Crippen LogP contribution in [0.25, 0.3) is 0 Å². The first-order chi connectivity index (χ1) is 11.3. The highest BCUT2D eigenvalue weighted by Gasteiger charge is 2.22. The molecular formula is C14H23N5O4S. The van der Waals surface area contributed by atoms with Gasteiger partial charge in [-0.25, -0.2) is 9.78 Å². The minimum Gasteiger partial charge on any atom is -0.450 e. The summed E-state index contributed by atoms with van der Waals surface area (Å²) in [6.45, 7) is 4.65. The summed E-state index contributed by atoms with van der Waals surface area (Å²) >= 11 is 0. The normalized spacial score (nSPS) is 15.5. The van der Waals surface area contributed by atoms with Crippen LogP contribution >= 0.6 is 0 Å². The summed E-state index contributed by atoms with van der Waals surface area (Å²) in [6, 6.07) is 3.43. The second-order valence-electron chi connectivity index (χ2n) is 5.46. The van der Waals surface area contributed by atoms with Crippen molar-refractivity contribution in [3.63, 3.8) is 0 Å². The van der Waals surface area contributed by atoms with Crippen LogP contribution < -0.4 is 9.62 Å². The molecule has 0 saturated carbocycles. The first-order valence-corrected chi connectivity index (χ1v) is 9.10. The van der Waals surface area contributed by atoms with Gasteiger partial charge < -0.3 is 14.5 Å². The lowest BCUT2D eigenvalue weighted by Gasteiger charge is -2.35. The van der Waals surface area contributed by atoms with Crippen LogP contribution in [0, 0.1) is 0 Å². The van der Waals surface area contributed by atoms with Crippen LogP contribution in [-0.2, 0) is 14.9 Å². The van der Waals surface area contributed by atoms with Crippen molar-refractivity contribution in [1.29, 1.82) is 0 Å². The SMILES string of the molecule is CCOC(=O)N1CCN(c2ccc(NS(=O)(=O)N(C)C)nc2)CC1. The van der Waals surface area contributed by atoms with E-state index in [0.29, 0.717) is 32.8 Å². The van der Waals surface area contributed by atoms with Gasteiger partial charge in [0.05, 0.1) is 18.5 Å². The number of hydrogen-bond acceptors (Lipinski definition) is 6. The number of aromatic nitrogens is 1. The maximum Gasteiger partial charge on any atom is 0.409 e. The number of amides is 1. The molecule has 0 bridgehead atoms. The highest BCUT2D eigenvalue weighted by Crippen LogP contribution is 2.18. The molecule has 1 saturated heterocycles. The lowest BCUT2D eigenvalue weighted by molar-refractivity contribution is 0.105. The smallest absolute Gasteiger partial charge is 0.409 e. The Labute approximate surface area is 142 Å². The molecule has 0 aliphatic carbocycles. The molecule has 1 aromatic heterocycles. The van der Waals surface area contributed by atoms with E-state index in [1.54, 1.807) is 30.2 Å². The second kappa shape index (κ2) is 7.67. The minimum absolute atomic E-state index is 0.262. The van der Waals surface area contributed by atoms with Gasteiger partial charge in [0.2, 0.25) is 0 Å². The van der Waals surface area contributed by atoms with Crippen molar-refractivity contribution in [3.05, 3.63) is 18.3 Å². The maximum atomic E-state index is 11.8. The minimum atomic E-state index is -3.56. The molecule has 24 heavy (non-hydrogen) atoms. The number of carbonyl (C=O) groups excluding carboxylic acids is 1. The zero-order valence-electron chi connectivity index (χ0n) is 14.1. The Kier molecular flexibility index (Phi) is 5.84. The fourth-order valence-electron chi connectivity index (χ4n) is 2.22. The van der Waals surface area contributed by atoms with Gasteiger partial charge in [0.15, 0.2) is 0 Å². The summed E-state index contributed by atoms with van der Waals surface area (Å²) in [6.07, 6.45) is 1.33. The average molecular weight is 357 g/mol. The molecule has 1 aromatic rings. The third kappa shape index (κ3) is 4.48. The Morgan fingerprint density at radius 2 is 1.96 bits per heavy atom. The van der Waals surface area contributed by atoms with Gasteiger partial charge in [0, 0.05) is 40.3 Å². The number of nitrogens with zero attached hydrogens (tertiary/aromatic N) is 4. The molecule has 10 heteroatoms. The van der Waals surface area contributed by atoms with E-state index in [-0.39, 0.29) is 11.9 Å². The van der Waals surface area contributed by atoms with Crippen molar-refractivity contribution in [2.45, 2.75) is 6.92 Å². The molecule has 1 fully saturated rings. The third-order valence-electron chi connectivity index (χ3n) is 3.63. The third-order valence-corrected chi connectivity index (χ3v) is 5.06. The molecule has 0 spiro atoms. The van der Waals surface area contributed by atoms with Crippen LogP contribution in [0.2, 0.25) is 0 Å². The van der Waals surface area contributed by atoms with E-state index in [4.69, 9.17) is 4.74 Å². The Hall–Kier alpha value is -2.07. The summed E-state index contributed by atoms with van der Waals surface area (Å²) in [5, 5.41) is 0. The summed E-state index contributed by atoms with van der Waals surface area (Å²) in [4.78, 5) is 19.6. The van der Waals surface area contributed by atoms with E-state index in [9.17, 15) is 13.2 Å². The number of ether oxygens (including phenoxy) is 1. The van der Waals surface area contributed by atoms with Gasteiger partial charge in [-0.05, 0) is 19.1 Å². The standard InChI is InChI=1S/C14H23N5O4S/c1-4-23-14(20)19-9-7-18(8-10-19)12-5-6-13(15-11-12)16-24(21,22)17(2)3/h5-6,11H,4,7-10H2,1-3H3,(H,15,16). The molecule has 1 N–H and O–H groups in total. The van der Waals surface area contributed by atoms with Crippen LogP contribution in [0.4, 0.5) is 16.3 Å². The van der Waals surface area contributed by atoms with Gasteiger partial charge in [-0.2, -0.15) is 12.7 Å². The number of anilines is 2. The Morgan fingerprint density at radius 1 is 1.29 bits per heavy atom.